The van der Waals surface area contributed by atoms with E-state index in [0.717, 1.165) is 9.90 Å². The standard InChI is InChI=1S/C25H21N3OPS2.ClH/c1-30(18-11-5-3-6-12-18,19-13-7-4-8-14-19)22-16-10-9-15-20(22)21-17-23(29)28-24(26-21)32-25(27-28)31-2;/h3-17H,1-2H3;1H/q+1;/p-1. The zero-order valence-electron chi connectivity index (χ0n) is 18.1. The molecule has 8 heteroatoms. The molecule has 0 bridgehead atoms. The summed E-state index contributed by atoms with van der Waals surface area (Å²) in [6, 6.07) is 31.3. The van der Waals surface area contributed by atoms with E-state index in [4.69, 9.17) is 4.98 Å². The fourth-order valence-corrected chi connectivity index (χ4v) is 8.78. The van der Waals surface area contributed by atoms with Crippen molar-refractivity contribution in [1.82, 2.24) is 14.6 Å². The molecule has 0 spiro atoms. The largest absolute Gasteiger partial charge is 1.00 e. The van der Waals surface area contributed by atoms with Gasteiger partial charge in [-0.15, -0.1) is 5.10 Å². The molecule has 3 aromatic carbocycles. The predicted molar refractivity (Wildman–Crippen MR) is 139 cm³/mol. The van der Waals surface area contributed by atoms with E-state index in [-0.39, 0.29) is 18.0 Å². The summed E-state index contributed by atoms with van der Waals surface area (Å²) in [4.78, 5) is 18.3. The summed E-state index contributed by atoms with van der Waals surface area (Å²) < 4.78 is 2.22. The Labute approximate surface area is 207 Å². The normalized spacial score (nSPS) is 11.3. The first-order valence-electron chi connectivity index (χ1n) is 10.1. The minimum absolute atomic E-state index is 0. The van der Waals surface area contributed by atoms with Gasteiger partial charge in [0.25, 0.3) is 5.56 Å². The van der Waals surface area contributed by atoms with Gasteiger partial charge in [0.05, 0.1) is 12.4 Å². The lowest BCUT2D eigenvalue weighted by Gasteiger charge is -2.25. The molecule has 4 nitrogen and oxygen atoms in total. The molecule has 0 radical (unpaired) electrons. The highest BCUT2D eigenvalue weighted by atomic mass is 35.5. The molecule has 0 amide bonds. The average molecular weight is 510 g/mol. The van der Waals surface area contributed by atoms with Crippen LogP contribution in [-0.4, -0.2) is 27.5 Å². The van der Waals surface area contributed by atoms with Crippen molar-refractivity contribution in [3.63, 3.8) is 0 Å². The van der Waals surface area contributed by atoms with Gasteiger partial charge in [0, 0.05) is 11.6 Å². The van der Waals surface area contributed by atoms with E-state index in [1.165, 1.54) is 43.5 Å². The summed E-state index contributed by atoms with van der Waals surface area (Å²) in [6.45, 7) is 2.35. The molecule has 2 aromatic heterocycles. The van der Waals surface area contributed by atoms with Gasteiger partial charge in [0.2, 0.25) is 4.96 Å². The number of rotatable bonds is 5. The topological polar surface area (TPSA) is 47.3 Å². The Balaban J connectivity index is 0.00000259. The molecule has 0 fully saturated rings. The fraction of sp³-hybridized carbons (Fsp3) is 0.0800. The molecule has 166 valence electrons. The molecule has 0 N–H and O–H groups in total. The smallest absolute Gasteiger partial charge is 0.275 e. The van der Waals surface area contributed by atoms with Gasteiger partial charge in [0.1, 0.15) is 23.2 Å². The van der Waals surface area contributed by atoms with Crippen LogP contribution in [0.4, 0.5) is 0 Å². The second-order valence-corrected chi connectivity index (χ2v) is 13.0. The Morgan fingerprint density at radius 2 is 1.45 bits per heavy atom. The number of halogens is 1. The van der Waals surface area contributed by atoms with Crippen LogP contribution in [0, 0.1) is 0 Å². The molecule has 0 atom stereocenters. The average Bonchev–Trinajstić information content (AvgIpc) is 3.29. The summed E-state index contributed by atoms with van der Waals surface area (Å²) in [5.41, 5.74) is 1.53. The lowest BCUT2D eigenvalue weighted by Crippen LogP contribution is -3.00. The number of hydrogen-bond acceptors (Lipinski definition) is 5. The van der Waals surface area contributed by atoms with Gasteiger partial charge in [0.15, 0.2) is 4.34 Å². The highest BCUT2D eigenvalue weighted by molar-refractivity contribution is 8.00. The minimum Gasteiger partial charge on any atom is -1.00 e. The van der Waals surface area contributed by atoms with Crippen LogP contribution >= 0.6 is 30.4 Å². The van der Waals surface area contributed by atoms with Crippen molar-refractivity contribution in [3.8, 4) is 11.3 Å². The molecule has 0 saturated heterocycles. The highest BCUT2D eigenvalue weighted by Gasteiger charge is 2.42. The van der Waals surface area contributed by atoms with Crippen LogP contribution in [0.2, 0.25) is 0 Å². The molecule has 0 aliphatic rings. The van der Waals surface area contributed by atoms with Crippen molar-refractivity contribution in [1.29, 1.82) is 0 Å². The van der Waals surface area contributed by atoms with E-state index in [1.807, 2.05) is 24.5 Å². The number of aromatic nitrogens is 3. The zero-order valence-corrected chi connectivity index (χ0v) is 21.3. The van der Waals surface area contributed by atoms with Gasteiger partial charge in [-0.3, -0.25) is 4.79 Å². The quantitative estimate of drug-likeness (QED) is 0.266. The van der Waals surface area contributed by atoms with Crippen molar-refractivity contribution >= 4 is 51.2 Å². The van der Waals surface area contributed by atoms with E-state index >= 15 is 0 Å². The highest BCUT2D eigenvalue weighted by Crippen LogP contribution is 2.53. The van der Waals surface area contributed by atoms with Crippen LogP contribution in [-0.2, 0) is 0 Å². The third kappa shape index (κ3) is 4.24. The minimum atomic E-state index is -1.97. The first-order chi connectivity index (χ1) is 15.6. The van der Waals surface area contributed by atoms with Crippen LogP contribution in [0.3, 0.4) is 0 Å². The van der Waals surface area contributed by atoms with E-state index in [9.17, 15) is 4.79 Å². The van der Waals surface area contributed by atoms with Crippen molar-refractivity contribution in [2.45, 2.75) is 4.34 Å². The van der Waals surface area contributed by atoms with Crippen molar-refractivity contribution in [2.24, 2.45) is 0 Å². The Morgan fingerprint density at radius 1 is 0.879 bits per heavy atom. The van der Waals surface area contributed by atoms with Gasteiger partial charge >= 0.3 is 0 Å². The first-order valence-corrected chi connectivity index (χ1v) is 14.4. The second-order valence-electron chi connectivity index (χ2n) is 7.44. The molecular formula is C25H21ClN3OPS2. The zero-order chi connectivity index (χ0) is 22.1. The summed E-state index contributed by atoms with van der Waals surface area (Å²) in [6.07, 6.45) is 1.95. The molecular weight excluding hydrogens is 489 g/mol. The van der Waals surface area contributed by atoms with Crippen molar-refractivity contribution in [2.75, 3.05) is 12.9 Å². The van der Waals surface area contributed by atoms with Crippen LogP contribution in [0.1, 0.15) is 0 Å². The molecule has 0 unspecified atom stereocenters. The first kappa shape index (κ1) is 23.7. The SMILES string of the molecule is CSc1nn2c(=O)cc(-c3ccccc3[P+](C)(c3ccccc3)c3ccccc3)nc2s1.[Cl-]. The number of fused-ring (bicyclic) bond motifs is 1. The van der Waals surface area contributed by atoms with Gasteiger partial charge in [-0.2, -0.15) is 4.52 Å². The van der Waals surface area contributed by atoms with Crippen LogP contribution in [0.15, 0.2) is 100 Å². The van der Waals surface area contributed by atoms with E-state index in [2.05, 4.69) is 78.5 Å². The maximum atomic E-state index is 12.9. The Morgan fingerprint density at radius 3 is 2.06 bits per heavy atom. The summed E-state index contributed by atoms with van der Waals surface area (Å²) in [5, 5.41) is 8.15. The van der Waals surface area contributed by atoms with Crippen LogP contribution in [0.5, 0.6) is 0 Å². The molecule has 5 aromatic rings. The van der Waals surface area contributed by atoms with E-state index in [0.29, 0.717) is 10.7 Å². The van der Waals surface area contributed by atoms with E-state index < -0.39 is 7.26 Å². The van der Waals surface area contributed by atoms with Crippen molar-refractivity contribution in [3.05, 3.63) is 101 Å². The number of benzene rings is 3. The van der Waals surface area contributed by atoms with Crippen molar-refractivity contribution < 1.29 is 12.4 Å². The second kappa shape index (κ2) is 9.78. The fourth-order valence-electron chi connectivity index (χ4n) is 3.97. The van der Waals surface area contributed by atoms with Gasteiger partial charge in [-0.25, -0.2) is 4.98 Å². The third-order valence-electron chi connectivity index (χ3n) is 5.61. The van der Waals surface area contributed by atoms with Crippen LogP contribution in [0.25, 0.3) is 16.2 Å². The van der Waals surface area contributed by atoms with Gasteiger partial charge in [-0.05, 0) is 42.7 Å². The molecule has 2 heterocycles. The molecule has 5 rings (SSSR count). The molecule has 0 aliphatic carbocycles. The third-order valence-corrected chi connectivity index (χ3v) is 11.5. The summed E-state index contributed by atoms with van der Waals surface area (Å²) in [7, 11) is -1.97. The number of hydrogen-bond donors (Lipinski definition) is 0. The lowest BCUT2D eigenvalue weighted by atomic mass is 10.1. The molecule has 0 aliphatic heterocycles. The van der Waals surface area contributed by atoms with E-state index in [1.54, 1.807) is 6.07 Å². The monoisotopic (exact) mass is 509 g/mol. The Bertz CT molecular complexity index is 1420. The predicted octanol–water partition coefficient (Wildman–Crippen LogP) is 1.47. The lowest BCUT2D eigenvalue weighted by molar-refractivity contribution is -0.00000635. The Kier molecular flexibility index (Phi) is 7.01. The number of thioether (sulfide) groups is 1. The maximum absolute atomic E-state index is 12.9. The maximum Gasteiger partial charge on any atom is 0.275 e. The van der Waals surface area contributed by atoms with Gasteiger partial charge in [-0.1, -0.05) is 71.6 Å². The van der Waals surface area contributed by atoms with Gasteiger partial charge < -0.3 is 12.4 Å². The molecule has 0 saturated carbocycles. The van der Waals surface area contributed by atoms with Crippen LogP contribution < -0.4 is 33.9 Å². The Hall–Kier alpha value is -2.50. The summed E-state index contributed by atoms with van der Waals surface area (Å²) in [5.74, 6) is 0. The molecule has 33 heavy (non-hydrogen) atoms. The number of nitrogens with zero attached hydrogens (tertiary/aromatic N) is 3. The summed E-state index contributed by atoms with van der Waals surface area (Å²) >= 11 is 2.96.